The average molecular weight is 184 g/mol. The number of aromatic nitrogens is 2. The van der Waals surface area contributed by atoms with Crippen LogP contribution in [0.5, 0.6) is 0 Å². The van der Waals surface area contributed by atoms with E-state index in [1.54, 1.807) is 4.90 Å². The number of hydrogen-bond donors (Lipinski definition) is 1. The first kappa shape index (κ1) is 9.98. The maximum atomic E-state index is 5.58. The number of nitrogens with zero attached hydrogens (tertiary/aromatic N) is 3. The highest BCUT2D eigenvalue weighted by Gasteiger charge is 2.26. The monoisotopic (exact) mass is 184 g/mol. The van der Waals surface area contributed by atoms with E-state index in [2.05, 4.69) is 10.1 Å². The van der Waals surface area contributed by atoms with Crippen LogP contribution in [0.2, 0.25) is 0 Å². The summed E-state index contributed by atoms with van der Waals surface area (Å²) >= 11 is 0. The Balaban J connectivity index is 2.91. The topological polar surface area (TPSA) is 68.2 Å². The Labute approximate surface area is 77.9 Å². The minimum Gasteiger partial charge on any atom is -0.344 e. The first-order chi connectivity index (χ1) is 5.97. The third kappa shape index (κ3) is 1.98. The maximum Gasteiger partial charge on any atom is 0.265 e. The Bertz CT molecular complexity index is 279. The van der Waals surface area contributed by atoms with E-state index in [-0.39, 0.29) is 5.41 Å². The predicted octanol–water partition coefficient (Wildman–Crippen LogP) is 0.372. The molecular formula is C8H16N4O. The van der Waals surface area contributed by atoms with E-state index in [0.29, 0.717) is 18.4 Å². The summed E-state index contributed by atoms with van der Waals surface area (Å²) in [6.07, 6.45) is 0. The molecule has 1 aromatic heterocycles. The molecule has 0 aliphatic carbocycles. The molecule has 0 atom stereocenters. The third-order valence-corrected chi connectivity index (χ3v) is 1.90. The quantitative estimate of drug-likeness (QED) is 0.735. The van der Waals surface area contributed by atoms with Crippen LogP contribution >= 0.6 is 0 Å². The predicted molar refractivity (Wildman–Crippen MR) is 50.7 cm³/mol. The van der Waals surface area contributed by atoms with Crippen molar-refractivity contribution >= 4 is 5.95 Å². The van der Waals surface area contributed by atoms with Gasteiger partial charge < -0.3 is 15.2 Å². The molecule has 0 amide bonds. The van der Waals surface area contributed by atoms with Gasteiger partial charge in [-0.3, -0.25) is 0 Å². The normalized spacial score (nSPS) is 11.8. The van der Waals surface area contributed by atoms with Gasteiger partial charge in [0.1, 0.15) is 0 Å². The Hall–Kier alpha value is -1.10. The fourth-order valence-electron chi connectivity index (χ4n) is 0.760. The molecule has 13 heavy (non-hydrogen) atoms. The van der Waals surface area contributed by atoms with E-state index < -0.39 is 0 Å². The Kier molecular flexibility index (Phi) is 2.56. The van der Waals surface area contributed by atoms with Crippen LogP contribution in [0.15, 0.2) is 4.52 Å². The SMILES string of the molecule is CN(C)c1noc(C(C)(C)CN)n1. The Morgan fingerprint density at radius 3 is 2.46 bits per heavy atom. The number of hydrogen-bond acceptors (Lipinski definition) is 5. The lowest BCUT2D eigenvalue weighted by Gasteiger charge is -2.15. The molecule has 0 aliphatic rings. The van der Waals surface area contributed by atoms with E-state index in [9.17, 15) is 0 Å². The summed E-state index contributed by atoms with van der Waals surface area (Å²) in [5, 5.41) is 3.81. The summed E-state index contributed by atoms with van der Waals surface area (Å²) < 4.78 is 5.10. The van der Waals surface area contributed by atoms with Crippen LogP contribution < -0.4 is 10.6 Å². The van der Waals surface area contributed by atoms with Gasteiger partial charge in [0, 0.05) is 20.6 Å². The molecule has 5 heteroatoms. The zero-order chi connectivity index (χ0) is 10.1. The Morgan fingerprint density at radius 2 is 2.08 bits per heavy atom. The van der Waals surface area contributed by atoms with Crippen molar-refractivity contribution in [2.75, 3.05) is 25.5 Å². The highest BCUT2D eigenvalue weighted by atomic mass is 16.5. The highest BCUT2D eigenvalue weighted by molar-refractivity contribution is 5.25. The largest absolute Gasteiger partial charge is 0.344 e. The summed E-state index contributed by atoms with van der Waals surface area (Å²) in [4.78, 5) is 6.01. The van der Waals surface area contributed by atoms with Gasteiger partial charge in [-0.2, -0.15) is 4.98 Å². The fourth-order valence-corrected chi connectivity index (χ4v) is 0.760. The molecule has 5 nitrogen and oxygen atoms in total. The fraction of sp³-hybridized carbons (Fsp3) is 0.750. The first-order valence-corrected chi connectivity index (χ1v) is 4.19. The van der Waals surface area contributed by atoms with Crippen molar-refractivity contribution in [3.05, 3.63) is 5.89 Å². The van der Waals surface area contributed by atoms with Crippen molar-refractivity contribution in [1.82, 2.24) is 10.1 Å². The lowest BCUT2D eigenvalue weighted by atomic mass is 9.94. The molecule has 0 saturated carbocycles. The summed E-state index contributed by atoms with van der Waals surface area (Å²) in [6, 6.07) is 0. The van der Waals surface area contributed by atoms with Crippen molar-refractivity contribution in [1.29, 1.82) is 0 Å². The third-order valence-electron chi connectivity index (χ3n) is 1.90. The van der Waals surface area contributed by atoms with E-state index in [4.69, 9.17) is 10.3 Å². The molecule has 0 fully saturated rings. The van der Waals surface area contributed by atoms with Crippen LogP contribution in [0, 0.1) is 0 Å². The summed E-state index contributed by atoms with van der Waals surface area (Å²) in [7, 11) is 3.73. The van der Waals surface area contributed by atoms with E-state index in [1.165, 1.54) is 0 Å². The lowest BCUT2D eigenvalue weighted by Crippen LogP contribution is -2.28. The average Bonchev–Trinajstić information content (AvgIpc) is 2.52. The molecule has 74 valence electrons. The van der Waals surface area contributed by atoms with Gasteiger partial charge in [0.05, 0.1) is 5.41 Å². The van der Waals surface area contributed by atoms with Crippen molar-refractivity contribution < 1.29 is 4.52 Å². The van der Waals surface area contributed by atoms with Crippen molar-refractivity contribution in [2.45, 2.75) is 19.3 Å². The van der Waals surface area contributed by atoms with Gasteiger partial charge in [-0.05, 0) is 19.0 Å². The van der Waals surface area contributed by atoms with Crippen LogP contribution in [0.1, 0.15) is 19.7 Å². The van der Waals surface area contributed by atoms with Crippen LogP contribution in [0.3, 0.4) is 0 Å². The molecule has 0 bridgehead atoms. The molecule has 0 saturated heterocycles. The molecule has 0 aliphatic heterocycles. The number of nitrogens with two attached hydrogens (primary N) is 1. The van der Waals surface area contributed by atoms with Gasteiger partial charge in [0.15, 0.2) is 0 Å². The highest BCUT2D eigenvalue weighted by Crippen LogP contribution is 2.21. The second-order valence-corrected chi connectivity index (χ2v) is 3.88. The van der Waals surface area contributed by atoms with Crippen molar-refractivity contribution in [2.24, 2.45) is 5.73 Å². The smallest absolute Gasteiger partial charge is 0.265 e. The summed E-state index contributed by atoms with van der Waals surface area (Å²) in [6.45, 7) is 4.43. The molecule has 1 rings (SSSR count). The zero-order valence-corrected chi connectivity index (χ0v) is 8.53. The van der Waals surface area contributed by atoms with Crippen LogP contribution in [-0.4, -0.2) is 30.8 Å². The number of anilines is 1. The standard InChI is InChI=1S/C8H16N4O/c1-8(2,5-9)6-10-7(11-13-6)12(3)4/h5,9H2,1-4H3. The molecular weight excluding hydrogens is 168 g/mol. The molecule has 0 spiro atoms. The minimum absolute atomic E-state index is 0.249. The molecule has 2 N–H and O–H groups in total. The molecule has 0 radical (unpaired) electrons. The second kappa shape index (κ2) is 3.33. The van der Waals surface area contributed by atoms with Crippen molar-refractivity contribution in [3.8, 4) is 0 Å². The Morgan fingerprint density at radius 1 is 1.46 bits per heavy atom. The number of rotatable bonds is 3. The van der Waals surface area contributed by atoms with Gasteiger partial charge in [-0.1, -0.05) is 0 Å². The lowest BCUT2D eigenvalue weighted by molar-refractivity contribution is 0.311. The van der Waals surface area contributed by atoms with Crippen molar-refractivity contribution in [3.63, 3.8) is 0 Å². The molecule has 0 unspecified atom stereocenters. The summed E-state index contributed by atoms with van der Waals surface area (Å²) in [5.41, 5.74) is 5.33. The van der Waals surface area contributed by atoms with E-state index in [0.717, 1.165) is 0 Å². The van der Waals surface area contributed by atoms with Gasteiger partial charge >= 0.3 is 0 Å². The van der Waals surface area contributed by atoms with E-state index in [1.807, 2.05) is 27.9 Å². The molecule has 1 heterocycles. The molecule has 1 aromatic rings. The van der Waals surface area contributed by atoms with Gasteiger partial charge in [0.25, 0.3) is 5.95 Å². The van der Waals surface area contributed by atoms with Gasteiger partial charge in [0.2, 0.25) is 5.89 Å². The van der Waals surface area contributed by atoms with Crippen LogP contribution in [0.25, 0.3) is 0 Å². The van der Waals surface area contributed by atoms with Crippen LogP contribution in [-0.2, 0) is 5.41 Å². The molecule has 0 aromatic carbocycles. The van der Waals surface area contributed by atoms with E-state index >= 15 is 0 Å². The maximum absolute atomic E-state index is 5.58. The summed E-state index contributed by atoms with van der Waals surface area (Å²) in [5.74, 6) is 1.16. The minimum atomic E-state index is -0.249. The zero-order valence-electron chi connectivity index (χ0n) is 8.53. The second-order valence-electron chi connectivity index (χ2n) is 3.88. The van der Waals surface area contributed by atoms with Gasteiger partial charge in [-0.15, -0.1) is 0 Å². The first-order valence-electron chi connectivity index (χ1n) is 4.19. The van der Waals surface area contributed by atoms with Crippen LogP contribution in [0.4, 0.5) is 5.95 Å². The van der Waals surface area contributed by atoms with Gasteiger partial charge in [-0.25, -0.2) is 0 Å².